The number of aromatic hydroxyl groups is 2. The van der Waals surface area contributed by atoms with E-state index in [9.17, 15) is 44.3 Å². The van der Waals surface area contributed by atoms with Crippen molar-refractivity contribution >= 4 is 52.7 Å². The van der Waals surface area contributed by atoms with Crippen LogP contribution in [0.3, 0.4) is 0 Å². The number of nitro benzene ring substituents is 1. The Hall–Kier alpha value is -8.04. The van der Waals surface area contributed by atoms with Crippen LogP contribution >= 0.6 is 0 Å². The van der Waals surface area contributed by atoms with E-state index in [2.05, 4.69) is 31.6 Å². The molecular weight excluding hydrogens is 913 g/mol. The fraction of sp³-hybridized carbons (Fsp3) is 0.360. The second-order valence-electron chi connectivity index (χ2n) is 17.5. The molecular formula is C50H64N12O9. The summed E-state index contributed by atoms with van der Waals surface area (Å²) in [6.07, 6.45) is 3.94. The molecule has 6 amide bonds. The van der Waals surface area contributed by atoms with Gasteiger partial charge in [0.1, 0.15) is 17.5 Å². The van der Waals surface area contributed by atoms with Crippen LogP contribution in [0.4, 0.5) is 16.2 Å². The van der Waals surface area contributed by atoms with Gasteiger partial charge in [0.2, 0.25) is 17.7 Å². The first-order valence-corrected chi connectivity index (χ1v) is 23.3. The number of amides is 6. The first-order valence-electron chi connectivity index (χ1n) is 23.3. The summed E-state index contributed by atoms with van der Waals surface area (Å²) >= 11 is 0. The van der Waals surface area contributed by atoms with Crippen molar-refractivity contribution in [3.8, 4) is 11.5 Å². The molecule has 71 heavy (non-hydrogen) atoms. The van der Waals surface area contributed by atoms with Gasteiger partial charge in [0.15, 0.2) is 5.96 Å². The Kier molecular flexibility index (Phi) is 19.4. The van der Waals surface area contributed by atoms with Crippen LogP contribution in [0.15, 0.2) is 96.0 Å². The Bertz CT molecular complexity index is 2600. The molecule has 0 fully saturated rings. The molecule has 21 heteroatoms. The SMILES string of the molecule is Cc1cc(O)cc(C)c1CC(N)C(=O)NC(CCCN=C(N)N)C(=O)NC(Cc1ccccc1)C(C)NC(CCCCNC(=O)c1ccc(N2CC=C(c3cccc([N+](=O)[O-])c3)NC2=O)c(O)c1)C(N)=O. The minimum atomic E-state index is -1.03. The topological polar surface area (TPSA) is 349 Å². The number of benzene rings is 4. The molecule has 0 bridgehead atoms. The van der Waals surface area contributed by atoms with Crippen molar-refractivity contribution in [1.29, 1.82) is 0 Å². The number of nitrogens with zero attached hydrogens (tertiary/aromatic N) is 3. The van der Waals surface area contributed by atoms with Crippen molar-refractivity contribution < 1.29 is 39.1 Å². The van der Waals surface area contributed by atoms with Crippen molar-refractivity contribution in [3.63, 3.8) is 0 Å². The van der Waals surface area contributed by atoms with Crippen LogP contribution in [0.25, 0.3) is 5.70 Å². The van der Waals surface area contributed by atoms with E-state index in [-0.39, 0.29) is 66.9 Å². The van der Waals surface area contributed by atoms with Gasteiger partial charge in [-0.2, -0.15) is 0 Å². The van der Waals surface area contributed by atoms with Crippen LogP contribution in [0.5, 0.6) is 11.5 Å². The molecule has 378 valence electrons. The average Bonchev–Trinajstić information content (AvgIpc) is 3.32. The van der Waals surface area contributed by atoms with Crippen LogP contribution in [0, 0.1) is 24.0 Å². The molecule has 1 aliphatic rings. The Morgan fingerprint density at radius 3 is 2.21 bits per heavy atom. The summed E-state index contributed by atoms with van der Waals surface area (Å²) in [6.45, 7) is 5.94. The van der Waals surface area contributed by atoms with E-state index in [0.717, 1.165) is 22.3 Å². The van der Waals surface area contributed by atoms with Gasteiger partial charge in [-0.3, -0.25) is 39.2 Å². The van der Waals surface area contributed by atoms with Crippen molar-refractivity contribution in [2.24, 2.45) is 27.9 Å². The monoisotopic (exact) mass is 976 g/mol. The van der Waals surface area contributed by atoms with Gasteiger partial charge in [0, 0.05) is 60.7 Å². The Labute approximate surface area is 411 Å². The number of urea groups is 1. The summed E-state index contributed by atoms with van der Waals surface area (Å²) in [6, 6.07) is 18.1. The van der Waals surface area contributed by atoms with Gasteiger partial charge in [0.05, 0.1) is 22.7 Å². The van der Waals surface area contributed by atoms with Gasteiger partial charge in [-0.05, 0) is 124 Å². The van der Waals surface area contributed by atoms with Crippen LogP contribution in [0.2, 0.25) is 0 Å². The molecule has 1 heterocycles. The number of guanidine groups is 1. The highest BCUT2D eigenvalue weighted by Crippen LogP contribution is 2.31. The maximum absolute atomic E-state index is 14.2. The van der Waals surface area contributed by atoms with Crippen LogP contribution in [-0.2, 0) is 27.2 Å². The van der Waals surface area contributed by atoms with E-state index >= 15 is 0 Å². The third-order valence-electron chi connectivity index (χ3n) is 12.1. The van der Waals surface area contributed by atoms with Crippen LogP contribution in [-0.4, -0.2) is 101 Å². The normalized spacial score (nSPS) is 14.4. The maximum Gasteiger partial charge on any atom is 0.326 e. The largest absolute Gasteiger partial charge is 0.508 e. The number of phenolic OH excluding ortho intramolecular Hbond substituents is 2. The maximum atomic E-state index is 14.2. The van der Waals surface area contributed by atoms with Gasteiger partial charge < -0.3 is 59.7 Å². The lowest BCUT2D eigenvalue weighted by Crippen LogP contribution is -2.59. The standard InChI is InChI=1S/C50H64N12O9/c1-29-23-36(63)24-30(2)37(29)28-38(51)47(67)58-41(16-10-21-56-49(53)54)48(68)59-42(25-32-11-5-4-6-12-32)31(3)57-40(45(52)65)15-7-8-20-55-46(66)34-17-18-43(44(64)27-34)61-22-19-39(60-50(61)69)33-13-9-14-35(26-33)62(70)71/h4-6,9,11-14,17-19,23-24,26-27,31,38,40-42,57,63-64H,7-8,10,15-16,20-22,25,28,51H2,1-3H3,(H2,52,65)(H,55,66)(H,58,67)(H,59,68)(H,60,69)(H4,53,54,56). The van der Waals surface area contributed by atoms with E-state index < -0.39 is 64.8 Å². The predicted molar refractivity (Wildman–Crippen MR) is 270 cm³/mol. The number of aliphatic imine (C=N–C) groups is 1. The van der Waals surface area contributed by atoms with Crippen molar-refractivity contribution in [1.82, 2.24) is 26.6 Å². The Balaban J connectivity index is 1.17. The van der Waals surface area contributed by atoms with E-state index in [0.29, 0.717) is 43.4 Å². The summed E-state index contributed by atoms with van der Waals surface area (Å²) in [5.41, 5.74) is 27.6. The zero-order chi connectivity index (χ0) is 51.8. The van der Waals surface area contributed by atoms with Gasteiger partial charge >= 0.3 is 6.03 Å². The Morgan fingerprint density at radius 1 is 0.859 bits per heavy atom. The zero-order valence-corrected chi connectivity index (χ0v) is 40.0. The number of phenols is 2. The fourth-order valence-corrected chi connectivity index (χ4v) is 8.26. The molecule has 0 saturated carbocycles. The summed E-state index contributed by atoms with van der Waals surface area (Å²) in [7, 11) is 0. The number of hydrogen-bond acceptors (Lipinski definition) is 12. The molecule has 0 radical (unpaired) electrons. The number of unbranched alkanes of at least 4 members (excludes halogenated alkanes) is 1. The number of non-ortho nitro benzene ring substituents is 1. The number of nitro groups is 1. The predicted octanol–water partition coefficient (Wildman–Crippen LogP) is 2.76. The molecule has 5 atom stereocenters. The number of carbonyl (C=O) groups excluding carboxylic acids is 5. The lowest BCUT2D eigenvalue weighted by molar-refractivity contribution is -0.384. The number of carbonyl (C=O) groups is 5. The molecule has 0 saturated heterocycles. The summed E-state index contributed by atoms with van der Waals surface area (Å²) < 4.78 is 0. The number of nitrogens with one attached hydrogen (secondary N) is 5. The lowest BCUT2D eigenvalue weighted by Gasteiger charge is -2.31. The lowest BCUT2D eigenvalue weighted by atomic mass is 9.95. The van der Waals surface area contributed by atoms with Gasteiger partial charge in [-0.1, -0.05) is 42.5 Å². The minimum Gasteiger partial charge on any atom is -0.508 e. The summed E-state index contributed by atoms with van der Waals surface area (Å²) in [5, 5.41) is 46.8. The fourth-order valence-electron chi connectivity index (χ4n) is 8.26. The number of hydrogen-bond donors (Lipinski definition) is 11. The third-order valence-corrected chi connectivity index (χ3v) is 12.1. The van der Waals surface area contributed by atoms with Gasteiger partial charge in [0.25, 0.3) is 11.6 Å². The first-order chi connectivity index (χ1) is 33.8. The second-order valence-corrected chi connectivity index (χ2v) is 17.5. The zero-order valence-electron chi connectivity index (χ0n) is 40.0. The molecule has 1 aliphatic heterocycles. The molecule has 5 rings (SSSR count). The molecule has 4 aromatic carbocycles. The molecule has 15 N–H and O–H groups in total. The van der Waals surface area contributed by atoms with Crippen molar-refractivity contribution in [2.75, 3.05) is 24.5 Å². The van der Waals surface area contributed by atoms with Crippen molar-refractivity contribution in [3.05, 3.63) is 135 Å². The molecule has 5 unspecified atom stereocenters. The van der Waals surface area contributed by atoms with E-state index in [4.69, 9.17) is 22.9 Å². The van der Waals surface area contributed by atoms with E-state index in [1.165, 1.54) is 41.3 Å². The van der Waals surface area contributed by atoms with Gasteiger partial charge in [-0.15, -0.1) is 0 Å². The summed E-state index contributed by atoms with van der Waals surface area (Å²) in [4.78, 5) is 82.7. The average molecular weight is 977 g/mol. The molecule has 0 spiro atoms. The van der Waals surface area contributed by atoms with E-state index in [1.807, 2.05) is 51.1 Å². The number of aryl methyl sites for hydroxylation is 2. The molecule has 4 aromatic rings. The van der Waals surface area contributed by atoms with Crippen LogP contribution in [0.1, 0.15) is 77.2 Å². The number of primary amides is 1. The molecule has 21 nitrogen and oxygen atoms in total. The van der Waals surface area contributed by atoms with Gasteiger partial charge in [-0.25, -0.2) is 4.79 Å². The minimum absolute atomic E-state index is 0.0495. The third kappa shape index (κ3) is 15.7. The second kappa shape index (κ2) is 25.5. The van der Waals surface area contributed by atoms with Crippen molar-refractivity contribution in [2.45, 2.75) is 95.9 Å². The quantitative estimate of drug-likeness (QED) is 0.0150. The molecule has 0 aliphatic carbocycles. The smallest absolute Gasteiger partial charge is 0.326 e. The van der Waals surface area contributed by atoms with Crippen LogP contribution < -0.4 is 54.4 Å². The number of nitrogens with two attached hydrogens (primary N) is 4. The van der Waals surface area contributed by atoms with E-state index in [1.54, 1.807) is 24.3 Å². The highest BCUT2D eigenvalue weighted by molar-refractivity contribution is 6.02. The number of anilines is 1. The highest BCUT2D eigenvalue weighted by atomic mass is 16.6. The number of rotatable bonds is 25. The summed E-state index contributed by atoms with van der Waals surface area (Å²) in [5.74, 6) is -2.45. The Morgan fingerprint density at radius 2 is 1.56 bits per heavy atom. The highest BCUT2D eigenvalue weighted by Gasteiger charge is 2.30. The first kappa shape index (κ1) is 53.9. The molecule has 0 aromatic heterocycles.